The number of nitrogens with zero attached hydrogens (tertiary/aromatic N) is 2. The highest BCUT2D eigenvalue weighted by Gasteiger charge is 2.30. The maximum atomic E-state index is 12.6. The van der Waals surface area contributed by atoms with Gasteiger partial charge in [-0.05, 0) is 51.1 Å². The molecule has 7 heteroatoms. The Morgan fingerprint density at radius 2 is 1.85 bits per heavy atom. The van der Waals surface area contributed by atoms with Gasteiger partial charge in [-0.2, -0.15) is 4.31 Å². The summed E-state index contributed by atoms with van der Waals surface area (Å²) in [7, 11) is -1.55. The molecule has 0 radical (unpaired) electrons. The summed E-state index contributed by atoms with van der Waals surface area (Å²) in [5.41, 5.74) is 0.866. The Labute approximate surface area is 159 Å². The van der Waals surface area contributed by atoms with E-state index in [0.717, 1.165) is 29.6 Å². The van der Waals surface area contributed by atoms with Gasteiger partial charge in [0.2, 0.25) is 5.09 Å². The first-order valence-electron chi connectivity index (χ1n) is 9.23. The molecule has 0 amide bonds. The second-order valence-corrected chi connectivity index (χ2v) is 8.98. The maximum absolute atomic E-state index is 12.6. The third-order valence-corrected chi connectivity index (χ3v) is 6.99. The Hall–Kier alpha value is -2.09. The molecule has 1 aliphatic rings. The van der Waals surface area contributed by atoms with Crippen LogP contribution in [0.4, 0.5) is 0 Å². The molecule has 1 saturated heterocycles. The number of sulfonamides is 1. The molecule has 0 N–H and O–H groups in total. The molecule has 1 fully saturated rings. The van der Waals surface area contributed by atoms with Gasteiger partial charge >= 0.3 is 0 Å². The highest BCUT2D eigenvalue weighted by atomic mass is 32.2. The van der Waals surface area contributed by atoms with Crippen LogP contribution in [0.3, 0.4) is 0 Å². The zero-order valence-corrected chi connectivity index (χ0v) is 16.4. The number of fused-ring (bicyclic) bond motifs is 1. The molecule has 1 atom stereocenters. The molecule has 0 aliphatic carbocycles. The molecular formula is C20H24N2O4S. The number of benzene rings is 1. The topological polar surface area (TPSA) is 66.9 Å². The van der Waals surface area contributed by atoms with Crippen LogP contribution in [0.2, 0.25) is 0 Å². The number of para-hydroxylation sites is 1. The summed E-state index contributed by atoms with van der Waals surface area (Å²) < 4.78 is 38.3. The van der Waals surface area contributed by atoms with Gasteiger partial charge in [-0.15, -0.1) is 0 Å². The summed E-state index contributed by atoms with van der Waals surface area (Å²) >= 11 is 0. The average molecular weight is 388 g/mol. The fourth-order valence-electron chi connectivity index (χ4n) is 3.45. The third-order valence-electron chi connectivity index (χ3n) is 5.22. The van der Waals surface area contributed by atoms with E-state index in [1.54, 1.807) is 12.1 Å². The molecule has 1 aromatic carbocycles. The van der Waals surface area contributed by atoms with E-state index in [1.165, 1.54) is 4.31 Å². The van der Waals surface area contributed by atoms with Crippen molar-refractivity contribution in [3.8, 4) is 0 Å². The van der Waals surface area contributed by atoms with Crippen molar-refractivity contribution in [2.75, 3.05) is 20.1 Å². The Morgan fingerprint density at radius 3 is 2.59 bits per heavy atom. The Bertz CT molecular complexity index is 998. The van der Waals surface area contributed by atoms with E-state index in [1.807, 2.05) is 37.4 Å². The van der Waals surface area contributed by atoms with Gasteiger partial charge in [0.1, 0.15) is 17.1 Å². The van der Waals surface area contributed by atoms with Gasteiger partial charge in [-0.25, -0.2) is 8.42 Å². The second-order valence-electron chi connectivity index (χ2n) is 7.11. The van der Waals surface area contributed by atoms with Crippen molar-refractivity contribution in [2.45, 2.75) is 37.4 Å². The van der Waals surface area contributed by atoms with Gasteiger partial charge < -0.3 is 8.83 Å². The molecule has 6 nitrogen and oxygen atoms in total. The molecule has 144 valence electrons. The zero-order valence-electron chi connectivity index (χ0n) is 15.6. The molecule has 4 rings (SSSR count). The highest BCUT2D eigenvalue weighted by molar-refractivity contribution is 7.89. The minimum absolute atomic E-state index is 0.0288. The van der Waals surface area contributed by atoms with Crippen LogP contribution in [0.1, 0.15) is 37.3 Å². The zero-order chi connectivity index (χ0) is 19.0. The van der Waals surface area contributed by atoms with Gasteiger partial charge in [-0.3, -0.25) is 4.90 Å². The normalized spacial score (nSPS) is 17.1. The van der Waals surface area contributed by atoms with E-state index in [2.05, 4.69) is 11.8 Å². The van der Waals surface area contributed by atoms with Crippen LogP contribution in [0.5, 0.6) is 0 Å². The lowest BCUT2D eigenvalue weighted by atomic mass is 10.2. The molecule has 1 unspecified atom stereocenters. The van der Waals surface area contributed by atoms with E-state index in [0.29, 0.717) is 25.4 Å². The minimum atomic E-state index is -3.51. The summed E-state index contributed by atoms with van der Waals surface area (Å²) in [6.07, 6.45) is 1.81. The van der Waals surface area contributed by atoms with Crippen molar-refractivity contribution < 1.29 is 17.3 Å². The molecular weight excluding hydrogens is 364 g/mol. The van der Waals surface area contributed by atoms with Crippen molar-refractivity contribution in [2.24, 2.45) is 0 Å². The molecule has 0 saturated carbocycles. The largest absolute Gasteiger partial charge is 0.459 e. The summed E-state index contributed by atoms with van der Waals surface area (Å²) in [4.78, 5) is 2.07. The Kier molecular flexibility index (Phi) is 4.84. The van der Waals surface area contributed by atoms with Crippen LogP contribution < -0.4 is 0 Å². The lowest BCUT2D eigenvalue weighted by Crippen LogP contribution is -2.27. The molecule has 3 aromatic rings. The number of rotatable bonds is 6. The molecule has 0 spiro atoms. The van der Waals surface area contributed by atoms with Crippen molar-refractivity contribution >= 4 is 21.0 Å². The quantitative estimate of drug-likeness (QED) is 0.638. The SMILES string of the molecule is CC(c1cc2ccccc2o1)N(C)Cc1ccc(S(=O)(=O)N2CCCC2)o1. The maximum Gasteiger partial charge on any atom is 0.276 e. The van der Waals surface area contributed by atoms with E-state index in [4.69, 9.17) is 8.83 Å². The standard InChI is InChI=1S/C20H24N2O4S/c1-15(19-13-16-7-3-4-8-18(16)26-19)21(2)14-17-9-10-20(25-17)27(23,24)22-11-5-6-12-22/h3-4,7-10,13,15H,5-6,11-12,14H2,1-2H3. The minimum Gasteiger partial charge on any atom is -0.459 e. The summed E-state index contributed by atoms with van der Waals surface area (Å²) in [5, 5.41) is 1.11. The van der Waals surface area contributed by atoms with Crippen LogP contribution >= 0.6 is 0 Å². The van der Waals surface area contributed by atoms with E-state index >= 15 is 0 Å². The van der Waals surface area contributed by atoms with Gasteiger partial charge in [0.25, 0.3) is 10.0 Å². The molecule has 27 heavy (non-hydrogen) atoms. The van der Waals surface area contributed by atoms with Crippen molar-refractivity contribution in [1.82, 2.24) is 9.21 Å². The number of furan rings is 2. The monoisotopic (exact) mass is 388 g/mol. The van der Waals surface area contributed by atoms with E-state index < -0.39 is 10.0 Å². The van der Waals surface area contributed by atoms with Gasteiger partial charge in [0.05, 0.1) is 12.6 Å². The molecule has 2 aromatic heterocycles. The first-order valence-corrected chi connectivity index (χ1v) is 10.7. The predicted octanol–water partition coefficient (Wildman–Crippen LogP) is 4.00. The lowest BCUT2D eigenvalue weighted by Gasteiger charge is -2.21. The predicted molar refractivity (Wildman–Crippen MR) is 103 cm³/mol. The summed E-state index contributed by atoms with van der Waals surface area (Å²) in [6, 6.07) is 13.3. The first-order chi connectivity index (χ1) is 12.9. The molecule has 3 heterocycles. The van der Waals surface area contributed by atoms with E-state index in [-0.39, 0.29) is 11.1 Å². The smallest absolute Gasteiger partial charge is 0.276 e. The fraction of sp³-hybridized carbons (Fsp3) is 0.400. The van der Waals surface area contributed by atoms with Crippen molar-refractivity contribution in [3.05, 3.63) is 54.0 Å². The average Bonchev–Trinajstić information content (AvgIpc) is 3.40. The van der Waals surface area contributed by atoms with Crippen LogP contribution in [-0.4, -0.2) is 37.8 Å². The Balaban J connectivity index is 1.48. The van der Waals surface area contributed by atoms with Crippen LogP contribution in [0, 0.1) is 0 Å². The molecule has 1 aliphatic heterocycles. The molecule has 0 bridgehead atoms. The van der Waals surface area contributed by atoms with Crippen molar-refractivity contribution in [3.63, 3.8) is 0 Å². The Morgan fingerprint density at radius 1 is 1.11 bits per heavy atom. The fourth-order valence-corrected chi connectivity index (χ4v) is 4.89. The lowest BCUT2D eigenvalue weighted by molar-refractivity contribution is 0.205. The van der Waals surface area contributed by atoms with E-state index in [9.17, 15) is 8.42 Å². The van der Waals surface area contributed by atoms with Gasteiger partial charge in [0.15, 0.2) is 0 Å². The van der Waals surface area contributed by atoms with Gasteiger partial charge in [0, 0.05) is 18.5 Å². The van der Waals surface area contributed by atoms with Crippen LogP contribution in [0.25, 0.3) is 11.0 Å². The van der Waals surface area contributed by atoms with Gasteiger partial charge in [-0.1, -0.05) is 18.2 Å². The van der Waals surface area contributed by atoms with Crippen LogP contribution in [0.15, 0.2) is 56.4 Å². The highest BCUT2D eigenvalue weighted by Crippen LogP contribution is 2.28. The first kappa shape index (κ1) is 18.3. The third kappa shape index (κ3) is 3.54. The summed E-state index contributed by atoms with van der Waals surface area (Å²) in [6.45, 7) is 3.69. The summed E-state index contributed by atoms with van der Waals surface area (Å²) in [5.74, 6) is 1.49. The van der Waals surface area contributed by atoms with Crippen molar-refractivity contribution in [1.29, 1.82) is 0 Å². The van der Waals surface area contributed by atoms with Crippen LogP contribution in [-0.2, 0) is 16.6 Å². The number of hydrogen-bond donors (Lipinski definition) is 0. The second kappa shape index (κ2) is 7.14. The number of hydrogen-bond acceptors (Lipinski definition) is 5.